The summed E-state index contributed by atoms with van der Waals surface area (Å²) in [6, 6.07) is 4.94. The molecular weight excluding hydrogens is 231 g/mol. The number of aromatic nitrogens is 2. The van der Waals surface area contributed by atoms with E-state index in [1.54, 1.807) is 18.2 Å². The van der Waals surface area contributed by atoms with Gasteiger partial charge in [-0.1, -0.05) is 11.6 Å². The molecule has 0 aliphatic rings. The van der Waals surface area contributed by atoms with Gasteiger partial charge in [-0.05, 0) is 18.2 Å². The van der Waals surface area contributed by atoms with Crippen LogP contribution in [0.5, 0.6) is 5.75 Å². The normalized spacial score (nSPS) is 10.2. The Kier molecular flexibility index (Phi) is 3.01. The predicted molar refractivity (Wildman–Crippen MR) is 59.0 cm³/mol. The summed E-state index contributed by atoms with van der Waals surface area (Å²) in [4.78, 5) is 7.46. The fourth-order valence-corrected chi connectivity index (χ4v) is 1.55. The summed E-state index contributed by atoms with van der Waals surface area (Å²) in [5.74, 6) is 0.00469. The van der Waals surface area contributed by atoms with Crippen molar-refractivity contribution >= 4 is 11.6 Å². The smallest absolute Gasteiger partial charge is 0.167 e. The molecule has 0 aliphatic carbocycles. The average molecular weight is 239 g/mol. The molecule has 1 aromatic carbocycles. The van der Waals surface area contributed by atoms with Crippen LogP contribution < -0.4 is 4.74 Å². The Balaban J connectivity index is 2.63. The minimum absolute atomic E-state index is 0.175. The van der Waals surface area contributed by atoms with E-state index in [0.29, 0.717) is 16.3 Å². The maximum Gasteiger partial charge on any atom is 0.167 e. The van der Waals surface area contributed by atoms with E-state index in [4.69, 9.17) is 16.3 Å². The molecule has 0 aliphatic heterocycles. The predicted octanol–water partition coefficient (Wildman–Crippen LogP) is 2.94. The molecule has 2 aromatic rings. The molecule has 2 rings (SSSR count). The van der Waals surface area contributed by atoms with Crippen molar-refractivity contribution in [2.45, 2.75) is 0 Å². The number of nitrogens with zero attached hydrogens (tertiary/aromatic N) is 2. The number of ether oxygens (including phenoxy) is 1. The van der Waals surface area contributed by atoms with Crippen LogP contribution in [0, 0.1) is 5.82 Å². The van der Waals surface area contributed by atoms with Gasteiger partial charge in [0.2, 0.25) is 0 Å². The van der Waals surface area contributed by atoms with Crippen LogP contribution in [-0.2, 0) is 0 Å². The molecule has 0 radical (unpaired) electrons. The molecule has 1 heterocycles. The lowest BCUT2D eigenvalue weighted by molar-refractivity contribution is 0.416. The number of rotatable bonds is 2. The molecule has 16 heavy (non-hydrogen) atoms. The molecular formula is C11H8ClFN2O. The highest BCUT2D eigenvalue weighted by Gasteiger charge is 2.12. The summed E-state index contributed by atoms with van der Waals surface area (Å²) >= 11 is 5.85. The van der Waals surface area contributed by atoms with Crippen LogP contribution in [-0.4, -0.2) is 17.1 Å². The molecule has 82 valence electrons. The van der Waals surface area contributed by atoms with Crippen molar-refractivity contribution in [3.05, 3.63) is 41.6 Å². The second-order valence-corrected chi connectivity index (χ2v) is 3.50. The van der Waals surface area contributed by atoms with Crippen molar-refractivity contribution in [2.75, 3.05) is 7.11 Å². The van der Waals surface area contributed by atoms with Gasteiger partial charge in [-0.25, -0.2) is 14.4 Å². The zero-order valence-corrected chi connectivity index (χ0v) is 9.20. The number of methoxy groups -OCH3 is 1. The van der Waals surface area contributed by atoms with E-state index in [1.165, 1.54) is 13.4 Å². The number of hydrogen-bond acceptors (Lipinski definition) is 3. The average Bonchev–Trinajstić information content (AvgIpc) is 2.29. The summed E-state index contributed by atoms with van der Waals surface area (Å²) in [5.41, 5.74) is 0.684. The largest absolute Gasteiger partial charge is 0.496 e. The van der Waals surface area contributed by atoms with Crippen LogP contribution in [0.25, 0.3) is 11.3 Å². The van der Waals surface area contributed by atoms with Gasteiger partial charge in [0.05, 0.1) is 13.3 Å². The highest BCUT2D eigenvalue weighted by atomic mass is 35.5. The van der Waals surface area contributed by atoms with E-state index in [0.717, 1.165) is 6.20 Å². The van der Waals surface area contributed by atoms with Crippen LogP contribution in [0.2, 0.25) is 5.02 Å². The number of halogens is 2. The van der Waals surface area contributed by atoms with E-state index in [-0.39, 0.29) is 5.69 Å². The van der Waals surface area contributed by atoms with E-state index in [9.17, 15) is 4.39 Å². The molecule has 0 N–H and O–H groups in total. The Labute approximate surface area is 96.9 Å². The number of benzene rings is 1. The topological polar surface area (TPSA) is 35.0 Å². The summed E-state index contributed by atoms with van der Waals surface area (Å²) in [6.07, 6.45) is 2.38. The Morgan fingerprint density at radius 2 is 2.19 bits per heavy atom. The van der Waals surface area contributed by atoms with E-state index >= 15 is 0 Å². The summed E-state index contributed by atoms with van der Waals surface area (Å²) in [7, 11) is 1.51. The van der Waals surface area contributed by atoms with Crippen LogP contribution in [0.3, 0.4) is 0 Å². The lowest BCUT2D eigenvalue weighted by atomic mass is 10.1. The van der Waals surface area contributed by atoms with Gasteiger partial charge in [-0.2, -0.15) is 0 Å². The minimum Gasteiger partial charge on any atom is -0.496 e. The maximum atomic E-state index is 13.5. The van der Waals surface area contributed by atoms with Gasteiger partial charge in [-0.15, -0.1) is 0 Å². The van der Waals surface area contributed by atoms with Crippen molar-refractivity contribution in [1.29, 1.82) is 0 Å². The summed E-state index contributed by atoms with van der Waals surface area (Å²) < 4.78 is 18.6. The summed E-state index contributed by atoms with van der Waals surface area (Å²) in [5, 5.41) is 0.494. The molecule has 0 amide bonds. The number of hydrogen-bond donors (Lipinski definition) is 0. The molecule has 0 unspecified atom stereocenters. The Bertz CT molecular complexity index is 519. The standard InChI is InChI=1S/C11H8ClFN2O/c1-16-10-3-2-7(12)4-8(10)11-9(13)5-14-6-15-11/h2-6H,1H3. The van der Waals surface area contributed by atoms with Crippen molar-refractivity contribution in [2.24, 2.45) is 0 Å². The van der Waals surface area contributed by atoms with Gasteiger partial charge in [0.25, 0.3) is 0 Å². The SMILES string of the molecule is COc1ccc(Cl)cc1-c1ncncc1F. The second-order valence-electron chi connectivity index (χ2n) is 3.06. The highest BCUT2D eigenvalue weighted by molar-refractivity contribution is 6.30. The third-order valence-electron chi connectivity index (χ3n) is 2.08. The first-order valence-corrected chi connectivity index (χ1v) is 4.89. The van der Waals surface area contributed by atoms with E-state index in [1.807, 2.05) is 0 Å². The first kappa shape index (κ1) is 10.8. The maximum absolute atomic E-state index is 13.5. The van der Waals surface area contributed by atoms with Crippen molar-refractivity contribution in [3.63, 3.8) is 0 Å². The molecule has 0 saturated carbocycles. The molecule has 0 atom stereocenters. The van der Waals surface area contributed by atoms with Gasteiger partial charge < -0.3 is 4.74 Å². The molecule has 0 bridgehead atoms. The van der Waals surface area contributed by atoms with Gasteiger partial charge in [0, 0.05) is 10.6 Å². The fourth-order valence-electron chi connectivity index (χ4n) is 1.38. The van der Waals surface area contributed by atoms with E-state index < -0.39 is 5.82 Å². The summed E-state index contributed by atoms with van der Waals surface area (Å²) in [6.45, 7) is 0. The van der Waals surface area contributed by atoms with Gasteiger partial charge in [-0.3, -0.25) is 0 Å². The molecule has 1 aromatic heterocycles. The van der Waals surface area contributed by atoms with Crippen molar-refractivity contribution in [3.8, 4) is 17.0 Å². The Morgan fingerprint density at radius 1 is 1.38 bits per heavy atom. The Morgan fingerprint density at radius 3 is 2.88 bits per heavy atom. The first-order valence-electron chi connectivity index (χ1n) is 4.52. The van der Waals surface area contributed by atoms with E-state index in [2.05, 4.69) is 9.97 Å². The highest BCUT2D eigenvalue weighted by Crippen LogP contribution is 2.32. The quantitative estimate of drug-likeness (QED) is 0.807. The third kappa shape index (κ3) is 1.97. The molecule has 0 saturated heterocycles. The monoisotopic (exact) mass is 238 g/mol. The van der Waals surface area contributed by atoms with Crippen molar-refractivity contribution < 1.29 is 9.13 Å². The first-order chi connectivity index (χ1) is 7.72. The van der Waals surface area contributed by atoms with Gasteiger partial charge in [0.15, 0.2) is 5.82 Å². The van der Waals surface area contributed by atoms with Crippen LogP contribution >= 0.6 is 11.6 Å². The van der Waals surface area contributed by atoms with Gasteiger partial charge in [0.1, 0.15) is 17.8 Å². The molecule has 0 spiro atoms. The Hall–Kier alpha value is -1.68. The van der Waals surface area contributed by atoms with Crippen LogP contribution in [0.1, 0.15) is 0 Å². The van der Waals surface area contributed by atoms with Crippen molar-refractivity contribution in [1.82, 2.24) is 9.97 Å². The lowest BCUT2D eigenvalue weighted by Gasteiger charge is -2.08. The minimum atomic E-state index is -0.511. The zero-order valence-electron chi connectivity index (χ0n) is 8.45. The molecule has 0 fully saturated rings. The second kappa shape index (κ2) is 4.45. The molecule has 3 nitrogen and oxygen atoms in total. The van der Waals surface area contributed by atoms with Crippen LogP contribution in [0.4, 0.5) is 4.39 Å². The fraction of sp³-hybridized carbons (Fsp3) is 0.0909. The lowest BCUT2D eigenvalue weighted by Crippen LogP contribution is -1.94. The van der Waals surface area contributed by atoms with Crippen LogP contribution in [0.15, 0.2) is 30.7 Å². The molecule has 5 heteroatoms. The van der Waals surface area contributed by atoms with Gasteiger partial charge >= 0.3 is 0 Å². The third-order valence-corrected chi connectivity index (χ3v) is 2.32. The zero-order chi connectivity index (χ0) is 11.5.